The lowest BCUT2D eigenvalue weighted by Crippen LogP contribution is -2.36. The lowest BCUT2D eigenvalue weighted by molar-refractivity contribution is 0.122. The van der Waals surface area contributed by atoms with E-state index in [2.05, 4.69) is 14.9 Å². The van der Waals surface area contributed by atoms with Gasteiger partial charge in [0.1, 0.15) is 5.82 Å². The monoisotopic (exact) mass is 317 g/mol. The van der Waals surface area contributed by atoms with E-state index in [4.69, 9.17) is 16.2 Å². The molecule has 0 amide bonds. The highest BCUT2D eigenvalue weighted by Crippen LogP contribution is 2.31. The number of benzene rings is 1. The van der Waals surface area contributed by atoms with E-state index in [1.54, 1.807) is 6.07 Å². The quantitative estimate of drug-likeness (QED) is 0.507. The molecule has 22 heavy (non-hydrogen) atoms. The zero-order chi connectivity index (χ0) is 15.5. The Balaban J connectivity index is 2.05. The van der Waals surface area contributed by atoms with Crippen molar-refractivity contribution in [1.29, 1.82) is 0 Å². The largest absolute Gasteiger partial charge is 0.397 e. The van der Waals surface area contributed by atoms with Crippen molar-refractivity contribution in [2.75, 3.05) is 48.9 Å². The van der Waals surface area contributed by atoms with Gasteiger partial charge in [0.15, 0.2) is 5.16 Å². The van der Waals surface area contributed by atoms with Crippen LogP contribution in [0.3, 0.4) is 0 Å². The Bertz CT molecular complexity index is 673. The van der Waals surface area contributed by atoms with Gasteiger partial charge >= 0.3 is 0 Å². The van der Waals surface area contributed by atoms with Gasteiger partial charge in [0.2, 0.25) is 0 Å². The van der Waals surface area contributed by atoms with Crippen molar-refractivity contribution in [3.8, 4) is 11.3 Å². The van der Waals surface area contributed by atoms with E-state index in [9.17, 15) is 0 Å². The van der Waals surface area contributed by atoms with Gasteiger partial charge in [-0.15, -0.1) is 0 Å². The highest BCUT2D eigenvalue weighted by Gasteiger charge is 2.16. The number of ether oxygens (including phenoxy) is 1. The molecule has 3 rings (SSSR count). The van der Waals surface area contributed by atoms with E-state index in [1.807, 2.05) is 24.5 Å². The van der Waals surface area contributed by atoms with Crippen LogP contribution in [0.5, 0.6) is 0 Å². The second kappa shape index (κ2) is 6.41. The Kier molecular flexibility index (Phi) is 4.35. The highest BCUT2D eigenvalue weighted by molar-refractivity contribution is 7.98. The lowest BCUT2D eigenvalue weighted by Gasteiger charge is -2.28. The molecule has 0 unspecified atom stereocenters. The third-order valence-electron chi connectivity index (χ3n) is 3.63. The molecule has 0 aliphatic carbocycles. The Hall–Kier alpha value is -1.99. The second-order valence-corrected chi connectivity index (χ2v) is 5.78. The summed E-state index contributed by atoms with van der Waals surface area (Å²) in [6.07, 6.45) is 1.96. The number of nitrogen functional groups attached to an aromatic ring is 2. The van der Waals surface area contributed by atoms with Crippen molar-refractivity contribution in [2.45, 2.75) is 5.16 Å². The van der Waals surface area contributed by atoms with E-state index < -0.39 is 0 Å². The number of hydrogen-bond acceptors (Lipinski definition) is 7. The predicted molar refractivity (Wildman–Crippen MR) is 91.1 cm³/mol. The van der Waals surface area contributed by atoms with Crippen LogP contribution in [0.1, 0.15) is 0 Å². The van der Waals surface area contributed by atoms with Gasteiger partial charge in [0, 0.05) is 24.7 Å². The maximum Gasteiger partial charge on any atom is 0.189 e. The minimum absolute atomic E-state index is 0.557. The average Bonchev–Trinajstić information content (AvgIpc) is 2.57. The van der Waals surface area contributed by atoms with E-state index in [0.29, 0.717) is 24.6 Å². The number of hydrogen-bond donors (Lipinski definition) is 2. The maximum atomic E-state index is 6.11. The fraction of sp³-hybridized carbons (Fsp3) is 0.333. The molecule has 0 bridgehead atoms. The molecule has 4 N–H and O–H groups in total. The van der Waals surface area contributed by atoms with E-state index in [1.165, 1.54) is 11.8 Å². The molecule has 0 spiro atoms. The molecule has 1 saturated heterocycles. The molecular weight excluding hydrogens is 298 g/mol. The van der Waals surface area contributed by atoms with Gasteiger partial charge in [0.25, 0.3) is 0 Å². The highest BCUT2D eigenvalue weighted by atomic mass is 32.2. The fourth-order valence-electron chi connectivity index (χ4n) is 2.40. The normalized spacial score (nSPS) is 15.0. The molecule has 0 radical (unpaired) electrons. The molecule has 0 saturated carbocycles. The van der Waals surface area contributed by atoms with Gasteiger partial charge < -0.3 is 21.1 Å². The number of nitrogens with two attached hydrogens (primary N) is 2. The fourth-order valence-corrected chi connectivity index (χ4v) is 2.78. The molecule has 7 heteroatoms. The van der Waals surface area contributed by atoms with Crippen LogP contribution in [0.15, 0.2) is 29.4 Å². The third kappa shape index (κ3) is 2.95. The molecule has 1 fully saturated rings. The molecule has 2 aromatic rings. The number of aromatic nitrogens is 2. The zero-order valence-electron chi connectivity index (χ0n) is 12.5. The molecule has 2 heterocycles. The summed E-state index contributed by atoms with van der Waals surface area (Å²) in [6.45, 7) is 3.09. The molecule has 6 nitrogen and oxygen atoms in total. The minimum Gasteiger partial charge on any atom is -0.397 e. The molecule has 116 valence electrons. The summed E-state index contributed by atoms with van der Waals surface area (Å²) in [6, 6.07) is 7.58. The molecule has 0 atom stereocenters. The standard InChI is InChI=1S/C15H19N5OS/c1-22-15-18-12(10-3-2-4-11(16)14(10)17)9-13(19-15)20-5-7-21-8-6-20/h2-4,9H,5-8,16-17H2,1H3. The second-order valence-electron chi connectivity index (χ2n) is 5.01. The number of para-hydroxylation sites is 1. The topological polar surface area (TPSA) is 90.3 Å². The minimum atomic E-state index is 0.557. The summed E-state index contributed by atoms with van der Waals surface area (Å²) in [5.41, 5.74) is 14.8. The van der Waals surface area contributed by atoms with Gasteiger partial charge in [-0.2, -0.15) is 0 Å². The van der Waals surface area contributed by atoms with Crippen molar-refractivity contribution in [3.05, 3.63) is 24.3 Å². The van der Waals surface area contributed by atoms with Crippen molar-refractivity contribution in [2.24, 2.45) is 0 Å². The summed E-state index contributed by atoms with van der Waals surface area (Å²) in [5.74, 6) is 0.902. The first kappa shape index (κ1) is 14.9. The summed E-state index contributed by atoms with van der Waals surface area (Å²) in [4.78, 5) is 11.4. The smallest absolute Gasteiger partial charge is 0.189 e. The first-order chi connectivity index (χ1) is 10.7. The van der Waals surface area contributed by atoms with Crippen LogP contribution in [-0.2, 0) is 4.74 Å². The first-order valence-corrected chi connectivity index (χ1v) is 8.31. The Morgan fingerprint density at radius 2 is 1.95 bits per heavy atom. The third-order valence-corrected chi connectivity index (χ3v) is 4.17. The Morgan fingerprint density at radius 3 is 2.68 bits per heavy atom. The van der Waals surface area contributed by atoms with Crippen LogP contribution >= 0.6 is 11.8 Å². The van der Waals surface area contributed by atoms with E-state index >= 15 is 0 Å². The lowest BCUT2D eigenvalue weighted by atomic mass is 10.1. The van der Waals surface area contributed by atoms with Crippen molar-refractivity contribution < 1.29 is 4.74 Å². The number of morpholine rings is 1. The van der Waals surface area contributed by atoms with Crippen LogP contribution in [0, 0.1) is 0 Å². The van der Waals surface area contributed by atoms with Crippen molar-refractivity contribution in [1.82, 2.24) is 9.97 Å². The average molecular weight is 317 g/mol. The van der Waals surface area contributed by atoms with Crippen LogP contribution in [0.25, 0.3) is 11.3 Å². The van der Waals surface area contributed by atoms with E-state index in [-0.39, 0.29) is 0 Å². The zero-order valence-corrected chi connectivity index (χ0v) is 13.3. The first-order valence-electron chi connectivity index (χ1n) is 7.09. The number of thioether (sulfide) groups is 1. The van der Waals surface area contributed by atoms with Gasteiger partial charge in [-0.25, -0.2) is 9.97 Å². The van der Waals surface area contributed by atoms with Crippen molar-refractivity contribution in [3.63, 3.8) is 0 Å². The number of anilines is 3. The molecular formula is C15H19N5OS. The van der Waals surface area contributed by atoms with Gasteiger partial charge in [0.05, 0.1) is 30.3 Å². The molecule has 1 aliphatic rings. The summed E-state index contributed by atoms with van der Waals surface area (Å²) >= 11 is 1.51. The Morgan fingerprint density at radius 1 is 1.18 bits per heavy atom. The van der Waals surface area contributed by atoms with Gasteiger partial charge in [-0.05, 0) is 12.3 Å². The SMILES string of the molecule is CSc1nc(-c2cccc(N)c2N)cc(N2CCOCC2)n1. The molecule has 1 aromatic heterocycles. The summed E-state index contributed by atoms with van der Waals surface area (Å²) < 4.78 is 5.40. The van der Waals surface area contributed by atoms with Crippen molar-refractivity contribution >= 4 is 29.0 Å². The van der Waals surface area contributed by atoms with Crippen LogP contribution in [0.2, 0.25) is 0 Å². The summed E-state index contributed by atoms with van der Waals surface area (Å²) in [5, 5.41) is 0.723. The maximum absolute atomic E-state index is 6.11. The number of rotatable bonds is 3. The van der Waals surface area contributed by atoms with E-state index in [0.717, 1.165) is 35.3 Å². The van der Waals surface area contributed by atoms with Crippen LogP contribution < -0.4 is 16.4 Å². The summed E-state index contributed by atoms with van der Waals surface area (Å²) in [7, 11) is 0. The van der Waals surface area contributed by atoms with Crippen LogP contribution in [0.4, 0.5) is 17.2 Å². The number of nitrogens with zero attached hydrogens (tertiary/aromatic N) is 3. The van der Waals surface area contributed by atoms with Crippen LogP contribution in [-0.4, -0.2) is 42.5 Å². The Labute approximate surface area is 133 Å². The predicted octanol–water partition coefficient (Wildman–Crippen LogP) is 1.87. The van der Waals surface area contributed by atoms with Gasteiger partial charge in [-0.3, -0.25) is 0 Å². The van der Waals surface area contributed by atoms with Gasteiger partial charge in [-0.1, -0.05) is 23.9 Å². The molecule has 1 aromatic carbocycles. The molecule has 1 aliphatic heterocycles.